The average Bonchev–Trinajstić information content (AvgIpc) is 2.89. The molecule has 19 heavy (non-hydrogen) atoms. The summed E-state index contributed by atoms with van der Waals surface area (Å²) in [5, 5.41) is 17.5. The summed E-state index contributed by atoms with van der Waals surface area (Å²) < 4.78 is 15.1. The number of rotatable bonds is 6. The molecule has 1 N–H and O–H groups in total. The molecule has 0 fully saturated rings. The molecule has 2 rings (SSSR count). The maximum absolute atomic E-state index is 13.4. The average molecular weight is 281 g/mol. The Morgan fingerprint density at radius 2 is 2.21 bits per heavy atom. The maximum Gasteiger partial charge on any atom is 0.136 e. The van der Waals surface area contributed by atoms with Gasteiger partial charge >= 0.3 is 0 Å². The molecule has 0 saturated heterocycles. The van der Waals surface area contributed by atoms with Gasteiger partial charge in [0.1, 0.15) is 11.5 Å². The zero-order chi connectivity index (χ0) is 13.7. The van der Waals surface area contributed by atoms with Crippen molar-refractivity contribution in [3.8, 4) is 0 Å². The van der Waals surface area contributed by atoms with Gasteiger partial charge < -0.3 is 5.11 Å². The van der Waals surface area contributed by atoms with Crippen molar-refractivity contribution in [2.45, 2.75) is 30.9 Å². The minimum Gasteiger partial charge on any atom is -0.387 e. The minimum atomic E-state index is -0.562. The fourth-order valence-corrected chi connectivity index (χ4v) is 2.47. The Morgan fingerprint density at radius 3 is 2.95 bits per heavy atom. The third kappa shape index (κ3) is 3.78. The highest BCUT2D eigenvalue weighted by Crippen LogP contribution is 2.21. The van der Waals surface area contributed by atoms with E-state index < -0.39 is 6.10 Å². The zero-order valence-corrected chi connectivity index (χ0v) is 11.5. The fraction of sp³-hybridized carbons (Fsp3) is 0.385. The van der Waals surface area contributed by atoms with E-state index in [0.717, 1.165) is 0 Å². The Morgan fingerprint density at radius 1 is 1.42 bits per heavy atom. The molecule has 1 aromatic carbocycles. The highest BCUT2D eigenvalue weighted by atomic mass is 32.2. The van der Waals surface area contributed by atoms with Crippen LogP contribution < -0.4 is 0 Å². The van der Waals surface area contributed by atoms with Gasteiger partial charge in [-0.25, -0.2) is 4.39 Å². The quantitative estimate of drug-likeness (QED) is 0.827. The first-order valence-corrected chi connectivity index (χ1v) is 7.14. The molecular weight excluding hydrogens is 265 g/mol. The first kappa shape index (κ1) is 14.0. The highest BCUT2D eigenvalue weighted by molar-refractivity contribution is 7.99. The van der Waals surface area contributed by atoms with Gasteiger partial charge in [0.2, 0.25) is 0 Å². The molecule has 0 aliphatic heterocycles. The van der Waals surface area contributed by atoms with E-state index in [2.05, 4.69) is 10.3 Å². The number of aromatic nitrogens is 3. The van der Waals surface area contributed by atoms with Crippen LogP contribution in [-0.4, -0.2) is 25.9 Å². The number of hydrogen-bond acceptors (Lipinski definition) is 4. The van der Waals surface area contributed by atoms with Gasteiger partial charge in [-0.2, -0.15) is 0 Å². The van der Waals surface area contributed by atoms with Gasteiger partial charge in [-0.3, -0.25) is 4.68 Å². The molecule has 1 aromatic heterocycles. The van der Waals surface area contributed by atoms with Crippen LogP contribution in [-0.2, 0) is 6.54 Å². The second kappa shape index (κ2) is 6.68. The third-order valence-corrected chi connectivity index (χ3v) is 3.73. The van der Waals surface area contributed by atoms with E-state index >= 15 is 0 Å². The molecule has 0 spiro atoms. The number of hydrogen-bond donors (Lipinski definition) is 1. The molecular formula is C13H16FN3OS. The summed E-state index contributed by atoms with van der Waals surface area (Å²) >= 11 is 1.44. The molecule has 1 heterocycles. The van der Waals surface area contributed by atoms with Crippen molar-refractivity contribution >= 4 is 11.8 Å². The molecule has 0 aliphatic carbocycles. The number of thioether (sulfide) groups is 1. The third-order valence-electron chi connectivity index (χ3n) is 2.70. The van der Waals surface area contributed by atoms with Crippen LogP contribution >= 0.6 is 11.8 Å². The monoisotopic (exact) mass is 281 g/mol. The normalized spacial score (nSPS) is 12.6. The predicted molar refractivity (Wildman–Crippen MR) is 72.4 cm³/mol. The van der Waals surface area contributed by atoms with Crippen LogP contribution in [0.2, 0.25) is 0 Å². The number of nitrogens with zero attached hydrogens (tertiary/aromatic N) is 3. The Balaban J connectivity index is 1.86. The second-order valence-electron chi connectivity index (χ2n) is 4.11. The largest absolute Gasteiger partial charge is 0.387 e. The minimum absolute atomic E-state index is 0.201. The topological polar surface area (TPSA) is 50.9 Å². The van der Waals surface area contributed by atoms with E-state index in [1.807, 2.05) is 13.0 Å². The molecule has 4 nitrogen and oxygen atoms in total. The van der Waals surface area contributed by atoms with Crippen LogP contribution in [0.15, 0.2) is 35.4 Å². The van der Waals surface area contributed by atoms with E-state index in [1.165, 1.54) is 17.8 Å². The van der Waals surface area contributed by atoms with Crippen molar-refractivity contribution in [2.75, 3.05) is 5.75 Å². The molecule has 2 aromatic rings. The Bertz CT molecular complexity index is 532. The van der Waals surface area contributed by atoms with Crippen molar-refractivity contribution in [1.29, 1.82) is 0 Å². The van der Waals surface area contributed by atoms with E-state index in [1.54, 1.807) is 23.0 Å². The van der Waals surface area contributed by atoms with Crippen LogP contribution in [0, 0.1) is 5.82 Å². The summed E-state index contributed by atoms with van der Waals surface area (Å²) in [5.41, 5.74) is 0.582. The Hall–Kier alpha value is -1.40. The first-order valence-electron chi connectivity index (χ1n) is 6.16. The van der Waals surface area contributed by atoms with Crippen molar-refractivity contribution < 1.29 is 9.50 Å². The van der Waals surface area contributed by atoms with Crippen LogP contribution in [0.1, 0.15) is 25.1 Å². The zero-order valence-electron chi connectivity index (χ0n) is 10.7. The Labute approximate surface area is 115 Å². The summed E-state index contributed by atoms with van der Waals surface area (Å²) in [4.78, 5) is 0.636. The standard InChI is InChI=1S/C13H16FN3OS/c1-2-12(18)11-9-17(16-15-11)7-8-19-13-6-4-3-5-10(13)14/h3-6,9,12,18H,2,7-8H2,1H3. The lowest BCUT2D eigenvalue weighted by Crippen LogP contribution is -2.01. The summed E-state index contributed by atoms with van der Waals surface area (Å²) in [6, 6.07) is 6.70. The lowest BCUT2D eigenvalue weighted by molar-refractivity contribution is 0.168. The van der Waals surface area contributed by atoms with Gasteiger partial charge in [-0.1, -0.05) is 24.3 Å². The van der Waals surface area contributed by atoms with E-state index in [0.29, 0.717) is 29.3 Å². The molecule has 0 radical (unpaired) electrons. The molecule has 1 unspecified atom stereocenters. The number of halogens is 1. The number of benzene rings is 1. The molecule has 1 atom stereocenters. The summed E-state index contributed by atoms with van der Waals surface area (Å²) in [7, 11) is 0. The number of aliphatic hydroxyl groups is 1. The molecule has 0 saturated carbocycles. The van der Waals surface area contributed by atoms with Crippen molar-refractivity contribution in [2.24, 2.45) is 0 Å². The van der Waals surface area contributed by atoms with Crippen LogP contribution in [0.25, 0.3) is 0 Å². The van der Waals surface area contributed by atoms with Gasteiger partial charge in [0.25, 0.3) is 0 Å². The number of aliphatic hydroxyl groups excluding tert-OH is 1. The Kier molecular flexibility index (Phi) is 4.93. The van der Waals surface area contributed by atoms with E-state index in [4.69, 9.17) is 0 Å². The van der Waals surface area contributed by atoms with E-state index in [-0.39, 0.29) is 5.82 Å². The summed E-state index contributed by atoms with van der Waals surface area (Å²) in [6.07, 6.45) is 1.78. The highest BCUT2D eigenvalue weighted by Gasteiger charge is 2.09. The van der Waals surface area contributed by atoms with Crippen LogP contribution in [0.5, 0.6) is 0 Å². The maximum atomic E-state index is 13.4. The molecule has 0 amide bonds. The van der Waals surface area contributed by atoms with Crippen molar-refractivity contribution in [3.05, 3.63) is 42.0 Å². The summed E-state index contributed by atoms with van der Waals surface area (Å²) in [6.45, 7) is 2.51. The predicted octanol–water partition coefficient (Wildman–Crippen LogP) is 2.65. The smallest absolute Gasteiger partial charge is 0.136 e. The number of aryl methyl sites for hydroxylation is 1. The van der Waals surface area contributed by atoms with Crippen molar-refractivity contribution in [1.82, 2.24) is 15.0 Å². The SMILES string of the molecule is CCC(O)c1cn(CCSc2ccccc2F)nn1. The molecule has 0 aliphatic rings. The van der Waals surface area contributed by atoms with Gasteiger partial charge in [0.15, 0.2) is 0 Å². The van der Waals surface area contributed by atoms with Gasteiger partial charge in [0, 0.05) is 10.6 Å². The van der Waals surface area contributed by atoms with Crippen LogP contribution in [0.3, 0.4) is 0 Å². The van der Waals surface area contributed by atoms with E-state index in [9.17, 15) is 9.50 Å². The van der Waals surface area contributed by atoms with Gasteiger partial charge in [-0.05, 0) is 18.6 Å². The fourth-order valence-electron chi connectivity index (χ4n) is 1.60. The summed E-state index contributed by atoms with van der Waals surface area (Å²) in [5.74, 6) is 0.500. The van der Waals surface area contributed by atoms with Crippen LogP contribution in [0.4, 0.5) is 4.39 Å². The van der Waals surface area contributed by atoms with Crippen molar-refractivity contribution in [3.63, 3.8) is 0 Å². The van der Waals surface area contributed by atoms with Gasteiger partial charge in [0.05, 0.1) is 18.8 Å². The molecule has 6 heteroatoms. The lowest BCUT2D eigenvalue weighted by Gasteiger charge is -2.03. The molecule has 0 bridgehead atoms. The lowest BCUT2D eigenvalue weighted by atomic mass is 10.2. The van der Waals surface area contributed by atoms with Gasteiger partial charge in [-0.15, -0.1) is 16.9 Å². The molecule has 102 valence electrons. The first-order chi connectivity index (χ1) is 9.20. The second-order valence-corrected chi connectivity index (χ2v) is 5.25.